The highest BCUT2D eigenvalue weighted by molar-refractivity contribution is 14.1. The number of rotatable bonds is 29. The summed E-state index contributed by atoms with van der Waals surface area (Å²) >= 11 is 12.0. The van der Waals surface area contributed by atoms with Gasteiger partial charge >= 0.3 is 0 Å². The molecule has 0 unspecified atom stereocenters. The van der Waals surface area contributed by atoms with Crippen molar-refractivity contribution in [1.29, 1.82) is 0 Å². The van der Waals surface area contributed by atoms with Crippen LogP contribution in [-0.2, 0) is 19.8 Å². The van der Waals surface area contributed by atoms with Crippen LogP contribution < -0.4 is 23.7 Å². The summed E-state index contributed by atoms with van der Waals surface area (Å²) in [6.07, 6.45) is 19.0. The molecule has 0 spiro atoms. The summed E-state index contributed by atoms with van der Waals surface area (Å²) in [5, 5.41) is 57.8. The SMILES string of the molecule is COc1ccc(/C=C/C(=O)c2ccccc2I)cc1.COc1cccc(/C=C/C(=O)c2cc(Br)ccc2O)c1.O=C(/C=C/c1ccc(OCc2ccccc2)cc1)c1cc(Br)ccc1O.O=C(/C=C/c1ccc(OCc2ccccc2)cc1)c1ccccc1O.O=C(/C=C/c1cccc(O)c1)c1ccccc1O.O=C(/C=C/c1cccc(OCc2ccccc2)c1)c1cc(Br)ccc1O. The number of aromatic hydroxyl groups is 6. The van der Waals surface area contributed by atoms with Crippen molar-refractivity contribution in [1.82, 2.24) is 0 Å². The molecule has 0 radical (unpaired) electrons. The summed E-state index contributed by atoms with van der Waals surface area (Å²) < 4.78 is 30.7. The Hall–Kier alpha value is -15.3. The van der Waals surface area contributed by atoms with E-state index >= 15 is 0 Å². The first-order valence-electron chi connectivity index (χ1n) is 41.4. The quantitative estimate of drug-likeness (QED) is 0.0144. The third-order valence-electron chi connectivity index (χ3n) is 19.2. The van der Waals surface area contributed by atoms with Crippen LogP contribution in [0.4, 0.5) is 0 Å². The van der Waals surface area contributed by atoms with Crippen molar-refractivity contribution in [2.24, 2.45) is 0 Å². The normalized spacial score (nSPS) is 10.7. The third kappa shape index (κ3) is 34.2. The molecule has 0 saturated heterocycles. The highest BCUT2D eigenvalue weighted by Gasteiger charge is 2.15. The van der Waals surface area contributed by atoms with Gasteiger partial charge in [-0.25, -0.2) is 0 Å². The van der Waals surface area contributed by atoms with Crippen LogP contribution in [0.1, 0.15) is 112 Å². The second-order valence-corrected chi connectivity index (χ2v) is 32.8. The molecule has 0 aromatic heterocycles. The average molecular weight is 2090 g/mol. The van der Waals surface area contributed by atoms with E-state index in [9.17, 15) is 59.4 Å². The van der Waals surface area contributed by atoms with Crippen LogP contribution in [0.15, 0.2) is 414 Å². The number of carbonyl (C=O) groups is 6. The molecule has 0 amide bonds. The molecule has 0 heterocycles. The fourth-order valence-electron chi connectivity index (χ4n) is 12.1. The zero-order valence-electron chi connectivity index (χ0n) is 72.4. The van der Waals surface area contributed by atoms with Crippen molar-refractivity contribution >= 4 is 142 Å². The molecule has 15 aromatic rings. The molecule has 134 heavy (non-hydrogen) atoms. The van der Waals surface area contributed by atoms with E-state index in [2.05, 4.69) is 70.4 Å². The van der Waals surface area contributed by atoms with E-state index in [4.69, 9.17) is 23.7 Å². The lowest BCUT2D eigenvalue weighted by molar-refractivity contribution is 0.103. The first kappa shape index (κ1) is 101. The summed E-state index contributed by atoms with van der Waals surface area (Å²) in [7, 11) is 3.22. The van der Waals surface area contributed by atoms with E-state index in [1.54, 1.807) is 148 Å². The van der Waals surface area contributed by atoms with Crippen molar-refractivity contribution in [2.45, 2.75) is 19.8 Å². The van der Waals surface area contributed by atoms with Gasteiger partial charge in [0.1, 0.15) is 83.1 Å². The first-order chi connectivity index (χ1) is 64.9. The van der Waals surface area contributed by atoms with Crippen molar-refractivity contribution in [3.05, 3.63) is 501 Å². The number of allylic oxidation sites excluding steroid dienone is 6. The highest BCUT2D eigenvalue weighted by Crippen LogP contribution is 2.30. The van der Waals surface area contributed by atoms with Gasteiger partial charge in [-0.05, 0) is 273 Å². The molecule has 17 nitrogen and oxygen atoms in total. The van der Waals surface area contributed by atoms with Gasteiger partial charge in [-0.2, -0.15) is 0 Å². The Labute approximate surface area is 816 Å². The smallest absolute Gasteiger partial charge is 0.189 e. The Kier molecular flexibility index (Phi) is 40.5. The standard InChI is InChI=1S/2C22H17BrO3.C22H18O3.C16H13BrO3.C16H13IO2.C15H12O3/c23-18-10-12-22(25)20(14-18)21(24)11-9-16-7-4-8-19(13-16)26-15-17-5-2-1-3-6-17;23-18-9-13-22(25)20(14-18)21(24)12-8-16-6-10-19(11-7-16)26-15-17-4-2-1-3-5-17;23-21-9-5-4-8-20(21)22(24)15-12-17-10-13-19(14-11-17)25-16-18-6-2-1-3-7-18;1-20-13-4-2-3-11(9-13)5-7-15(18)14-10-12(17)6-8-16(14)19;1-19-13-9-6-12(7-10-13)8-11-16(18)14-4-2-3-5-15(14)17;16-12-5-3-4-11(10-12)8-9-15(18)13-6-1-2-7-14(13)17/h2*1-14,25H,15H2;1-15,23H,16H2;2-10,19H,1H3;2-11H,1H3;1-10,16-17H/b11-9+;12-8+;15-12+;7-5+;11-8+;9-8+. The van der Waals surface area contributed by atoms with E-state index in [-0.39, 0.29) is 91.5 Å². The van der Waals surface area contributed by atoms with Gasteiger partial charge in [0.25, 0.3) is 0 Å². The van der Waals surface area contributed by atoms with Crippen LogP contribution in [0.3, 0.4) is 0 Å². The average Bonchev–Trinajstić information content (AvgIpc) is 0.840. The summed E-state index contributed by atoms with van der Waals surface area (Å²) in [4.78, 5) is 72.5. The molecule has 15 aromatic carbocycles. The minimum Gasteiger partial charge on any atom is -0.508 e. The fourth-order valence-corrected chi connectivity index (χ4v) is 13.8. The lowest BCUT2D eigenvalue weighted by Crippen LogP contribution is -1.96. The highest BCUT2D eigenvalue weighted by atomic mass is 127. The number of benzene rings is 15. The largest absolute Gasteiger partial charge is 0.508 e. The molecule has 672 valence electrons. The van der Waals surface area contributed by atoms with Gasteiger partial charge in [-0.3, -0.25) is 28.8 Å². The Morgan fingerprint density at radius 1 is 0.246 bits per heavy atom. The van der Waals surface area contributed by atoms with Crippen molar-refractivity contribution in [3.8, 4) is 63.2 Å². The fraction of sp³-hybridized carbons (Fsp3) is 0.0442. The van der Waals surface area contributed by atoms with Gasteiger partial charge in [0.2, 0.25) is 0 Å². The van der Waals surface area contributed by atoms with Gasteiger partial charge in [0.05, 0.1) is 42.0 Å². The van der Waals surface area contributed by atoms with E-state index in [1.165, 1.54) is 60.7 Å². The van der Waals surface area contributed by atoms with Crippen LogP contribution in [0.25, 0.3) is 36.5 Å². The lowest BCUT2D eigenvalue weighted by Gasteiger charge is -2.07. The Balaban J connectivity index is 0.000000167. The van der Waals surface area contributed by atoms with E-state index in [0.29, 0.717) is 25.4 Å². The van der Waals surface area contributed by atoms with Crippen molar-refractivity contribution in [2.75, 3.05) is 14.2 Å². The molecule has 21 heteroatoms. The monoisotopic (exact) mass is 2080 g/mol. The number of hydrogen-bond donors (Lipinski definition) is 6. The molecule has 0 atom stereocenters. The first-order valence-corrected chi connectivity index (χ1v) is 44.9. The van der Waals surface area contributed by atoms with Crippen molar-refractivity contribution < 1.29 is 83.1 Å². The number of hydrogen-bond acceptors (Lipinski definition) is 17. The minimum absolute atomic E-state index is 0.0122. The van der Waals surface area contributed by atoms with Gasteiger partial charge in [-0.15, -0.1) is 0 Å². The molecule has 0 saturated carbocycles. The molecule has 0 bridgehead atoms. The van der Waals surface area contributed by atoms with Crippen LogP contribution in [0, 0.1) is 3.57 Å². The van der Waals surface area contributed by atoms with Crippen LogP contribution in [0.5, 0.6) is 63.2 Å². The zero-order chi connectivity index (χ0) is 95.4. The maximum Gasteiger partial charge on any atom is 0.189 e. The van der Waals surface area contributed by atoms with Gasteiger partial charge in [0.15, 0.2) is 34.7 Å². The molecular weight excluding hydrogens is 2000 g/mol. The van der Waals surface area contributed by atoms with Gasteiger partial charge in [0, 0.05) is 22.6 Å². The number of phenolic OH excluding ortho intramolecular Hbond substituents is 6. The molecule has 0 aliphatic carbocycles. The Morgan fingerprint density at radius 2 is 0.522 bits per heavy atom. The summed E-state index contributed by atoms with van der Waals surface area (Å²) in [5.74, 6) is 2.51. The maximum absolute atomic E-state index is 12.3. The lowest BCUT2D eigenvalue weighted by atomic mass is 10.1. The molecule has 0 aliphatic rings. The van der Waals surface area contributed by atoms with Gasteiger partial charge in [-0.1, -0.05) is 284 Å². The second kappa shape index (κ2) is 53.8. The predicted molar refractivity (Wildman–Crippen MR) is 549 cm³/mol. The number of methoxy groups -OCH3 is 2. The van der Waals surface area contributed by atoms with E-state index in [0.717, 1.165) is 101 Å². The van der Waals surface area contributed by atoms with Gasteiger partial charge < -0.3 is 54.3 Å². The summed E-state index contributed by atoms with van der Waals surface area (Å²) in [6.45, 7) is 1.51. The van der Waals surface area contributed by atoms with E-state index < -0.39 is 0 Å². The topological polar surface area (TPSA) is 270 Å². The van der Waals surface area contributed by atoms with Crippen LogP contribution >= 0.6 is 70.4 Å². The Morgan fingerprint density at radius 3 is 0.873 bits per heavy atom. The number of carbonyl (C=O) groups excluding carboxylic acids is 6. The second-order valence-electron chi connectivity index (χ2n) is 28.9. The third-order valence-corrected chi connectivity index (χ3v) is 21.6. The molecular formula is C113H90Br3IO17. The Bertz CT molecular complexity index is 6640. The maximum atomic E-state index is 12.3. The van der Waals surface area contributed by atoms with Crippen LogP contribution in [0.2, 0.25) is 0 Å². The molecule has 15 rings (SSSR count). The zero-order valence-corrected chi connectivity index (χ0v) is 79.3. The predicted octanol–water partition coefficient (Wildman–Crippen LogP) is 27.4. The van der Waals surface area contributed by atoms with E-state index in [1.807, 2.05) is 243 Å². The summed E-state index contributed by atoms with van der Waals surface area (Å²) in [5.41, 5.74) is 10.5. The number of para-hydroxylation sites is 2. The molecule has 0 aliphatic heterocycles. The number of phenols is 6. The van der Waals surface area contributed by atoms with Crippen LogP contribution in [-0.4, -0.2) is 79.6 Å². The molecule has 0 fully saturated rings. The number of halogens is 4. The molecule has 6 N–H and O–H groups in total. The van der Waals surface area contributed by atoms with Crippen molar-refractivity contribution in [3.63, 3.8) is 0 Å². The minimum atomic E-state index is -0.281. The number of ether oxygens (including phenoxy) is 5. The summed E-state index contributed by atoms with van der Waals surface area (Å²) in [6, 6.07) is 109. The number of ketones is 6.